The minimum Gasteiger partial charge on any atom is -0.379 e. The summed E-state index contributed by atoms with van der Waals surface area (Å²) in [5, 5.41) is 0.697. The zero-order chi connectivity index (χ0) is 11.7. The molecule has 1 fully saturated rings. The normalized spacial score (nSPS) is 17.7. The van der Waals surface area contributed by atoms with Crippen LogP contribution in [0.25, 0.3) is 5.65 Å². The summed E-state index contributed by atoms with van der Waals surface area (Å²) in [6.45, 7) is 4.44. The van der Waals surface area contributed by atoms with Gasteiger partial charge in [-0.1, -0.05) is 17.7 Å². The number of pyridine rings is 1. The molecule has 0 aromatic carbocycles. The van der Waals surface area contributed by atoms with Crippen LogP contribution >= 0.6 is 11.6 Å². The largest absolute Gasteiger partial charge is 0.379 e. The standard InChI is InChI=1S/C12H14ClN3O/c13-11-2-1-3-12-14-10(9-16(11)12)8-15-4-6-17-7-5-15/h1-3,9H,4-8H2. The molecule has 0 bridgehead atoms. The van der Waals surface area contributed by atoms with Crippen LogP contribution in [0.2, 0.25) is 5.15 Å². The zero-order valence-electron chi connectivity index (χ0n) is 9.47. The number of hydrogen-bond acceptors (Lipinski definition) is 3. The van der Waals surface area contributed by atoms with Crippen molar-refractivity contribution in [3.63, 3.8) is 0 Å². The SMILES string of the molecule is Clc1cccc2nc(CN3CCOCC3)cn12. The molecular formula is C12H14ClN3O. The molecule has 2 aromatic heterocycles. The molecule has 0 N–H and O–H groups in total. The van der Waals surface area contributed by atoms with Gasteiger partial charge in [0, 0.05) is 25.8 Å². The molecule has 1 aliphatic rings. The number of hydrogen-bond donors (Lipinski definition) is 0. The molecule has 2 aromatic rings. The van der Waals surface area contributed by atoms with Gasteiger partial charge in [-0.05, 0) is 12.1 Å². The van der Waals surface area contributed by atoms with E-state index < -0.39 is 0 Å². The molecule has 5 heteroatoms. The predicted octanol–water partition coefficient (Wildman–Crippen LogP) is 1.82. The zero-order valence-corrected chi connectivity index (χ0v) is 10.2. The topological polar surface area (TPSA) is 29.8 Å². The second-order valence-corrected chi connectivity index (χ2v) is 4.58. The number of fused-ring (bicyclic) bond motifs is 1. The third-order valence-corrected chi connectivity index (χ3v) is 3.29. The summed E-state index contributed by atoms with van der Waals surface area (Å²) in [6.07, 6.45) is 2.01. The van der Waals surface area contributed by atoms with Gasteiger partial charge in [-0.3, -0.25) is 9.30 Å². The number of imidazole rings is 1. The summed E-state index contributed by atoms with van der Waals surface area (Å²) in [4.78, 5) is 6.91. The van der Waals surface area contributed by atoms with E-state index in [9.17, 15) is 0 Å². The number of morpholine rings is 1. The smallest absolute Gasteiger partial charge is 0.138 e. The van der Waals surface area contributed by atoms with Crippen molar-refractivity contribution in [2.75, 3.05) is 26.3 Å². The fourth-order valence-corrected chi connectivity index (χ4v) is 2.30. The molecule has 3 rings (SSSR count). The van der Waals surface area contributed by atoms with E-state index in [4.69, 9.17) is 16.3 Å². The lowest BCUT2D eigenvalue weighted by molar-refractivity contribution is 0.0337. The van der Waals surface area contributed by atoms with Crippen molar-refractivity contribution in [2.45, 2.75) is 6.54 Å². The van der Waals surface area contributed by atoms with E-state index in [2.05, 4.69) is 9.88 Å². The molecule has 0 saturated carbocycles. The highest BCUT2D eigenvalue weighted by Gasteiger charge is 2.12. The molecule has 0 spiro atoms. The summed E-state index contributed by atoms with van der Waals surface area (Å²) < 4.78 is 7.24. The second kappa shape index (κ2) is 4.64. The number of halogens is 1. The Kier molecular flexibility index (Phi) is 3.01. The summed E-state index contributed by atoms with van der Waals surface area (Å²) >= 11 is 6.10. The van der Waals surface area contributed by atoms with E-state index in [0.29, 0.717) is 5.15 Å². The van der Waals surface area contributed by atoms with Gasteiger partial charge in [0.1, 0.15) is 10.8 Å². The van der Waals surface area contributed by atoms with Gasteiger partial charge in [0.2, 0.25) is 0 Å². The molecule has 0 aliphatic carbocycles. The van der Waals surface area contributed by atoms with Crippen LogP contribution in [0.4, 0.5) is 0 Å². The monoisotopic (exact) mass is 251 g/mol. The lowest BCUT2D eigenvalue weighted by Gasteiger charge is -2.25. The number of rotatable bonds is 2. The van der Waals surface area contributed by atoms with Crippen molar-refractivity contribution in [2.24, 2.45) is 0 Å². The van der Waals surface area contributed by atoms with Gasteiger partial charge in [0.25, 0.3) is 0 Å². The van der Waals surface area contributed by atoms with Gasteiger partial charge >= 0.3 is 0 Å². The minimum atomic E-state index is 0.697. The first-order valence-corrected chi connectivity index (χ1v) is 6.13. The van der Waals surface area contributed by atoms with Crippen molar-refractivity contribution in [3.05, 3.63) is 35.2 Å². The first kappa shape index (κ1) is 11.0. The van der Waals surface area contributed by atoms with E-state index in [1.165, 1.54) is 0 Å². The fraction of sp³-hybridized carbons (Fsp3) is 0.417. The maximum atomic E-state index is 6.10. The van der Waals surface area contributed by atoms with Gasteiger partial charge < -0.3 is 4.74 Å². The van der Waals surface area contributed by atoms with Crippen LogP contribution in [-0.2, 0) is 11.3 Å². The molecule has 4 nitrogen and oxygen atoms in total. The van der Waals surface area contributed by atoms with Crippen LogP contribution in [-0.4, -0.2) is 40.6 Å². The van der Waals surface area contributed by atoms with Crippen LogP contribution in [0.3, 0.4) is 0 Å². The Bertz CT molecular complexity index is 519. The Morgan fingerprint density at radius 1 is 1.29 bits per heavy atom. The molecule has 1 aliphatic heterocycles. The van der Waals surface area contributed by atoms with Crippen molar-refractivity contribution < 1.29 is 4.74 Å². The Morgan fingerprint density at radius 2 is 2.12 bits per heavy atom. The third kappa shape index (κ3) is 2.29. The quantitative estimate of drug-likeness (QED) is 0.763. The van der Waals surface area contributed by atoms with Crippen molar-refractivity contribution in [1.82, 2.24) is 14.3 Å². The lowest BCUT2D eigenvalue weighted by atomic mass is 10.3. The Labute approximate surface area is 105 Å². The Hall–Kier alpha value is -1.10. The van der Waals surface area contributed by atoms with E-state index in [0.717, 1.165) is 44.2 Å². The molecule has 1 saturated heterocycles. The van der Waals surface area contributed by atoms with E-state index in [-0.39, 0.29) is 0 Å². The van der Waals surface area contributed by atoms with Crippen LogP contribution < -0.4 is 0 Å². The summed E-state index contributed by atoms with van der Waals surface area (Å²) in [6, 6.07) is 5.76. The molecule has 17 heavy (non-hydrogen) atoms. The van der Waals surface area contributed by atoms with Crippen LogP contribution in [0.1, 0.15) is 5.69 Å². The number of aromatic nitrogens is 2. The average molecular weight is 252 g/mol. The maximum absolute atomic E-state index is 6.10. The minimum absolute atomic E-state index is 0.697. The second-order valence-electron chi connectivity index (χ2n) is 4.20. The summed E-state index contributed by atoms with van der Waals surface area (Å²) in [5.74, 6) is 0. The Morgan fingerprint density at radius 3 is 2.88 bits per heavy atom. The van der Waals surface area contributed by atoms with Gasteiger partial charge in [-0.2, -0.15) is 0 Å². The van der Waals surface area contributed by atoms with E-state index in [1.807, 2.05) is 28.8 Å². The molecular weight excluding hydrogens is 238 g/mol. The van der Waals surface area contributed by atoms with Gasteiger partial charge in [0.15, 0.2) is 0 Å². The maximum Gasteiger partial charge on any atom is 0.138 e. The first-order chi connectivity index (χ1) is 8.33. The number of ether oxygens (including phenoxy) is 1. The molecule has 0 radical (unpaired) electrons. The van der Waals surface area contributed by atoms with Crippen molar-refractivity contribution in [3.8, 4) is 0 Å². The molecule has 3 heterocycles. The van der Waals surface area contributed by atoms with Crippen LogP contribution in [0, 0.1) is 0 Å². The Balaban J connectivity index is 1.83. The average Bonchev–Trinajstić information content (AvgIpc) is 2.74. The fourth-order valence-electron chi connectivity index (χ4n) is 2.09. The van der Waals surface area contributed by atoms with Gasteiger partial charge in [-0.15, -0.1) is 0 Å². The summed E-state index contributed by atoms with van der Waals surface area (Å²) in [7, 11) is 0. The third-order valence-electron chi connectivity index (χ3n) is 2.98. The lowest BCUT2D eigenvalue weighted by Crippen LogP contribution is -2.35. The van der Waals surface area contributed by atoms with Gasteiger partial charge in [-0.25, -0.2) is 4.98 Å². The molecule has 90 valence electrons. The van der Waals surface area contributed by atoms with Crippen LogP contribution in [0.5, 0.6) is 0 Å². The van der Waals surface area contributed by atoms with Crippen LogP contribution in [0.15, 0.2) is 24.4 Å². The first-order valence-electron chi connectivity index (χ1n) is 5.75. The molecule has 0 amide bonds. The summed E-state index contributed by atoms with van der Waals surface area (Å²) in [5.41, 5.74) is 1.96. The van der Waals surface area contributed by atoms with E-state index >= 15 is 0 Å². The van der Waals surface area contributed by atoms with Crippen molar-refractivity contribution >= 4 is 17.2 Å². The highest BCUT2D eigenvalue weighted by Crippen LogP contribution is 2.14. The molecule has 0 unspecified atom stereocenters. The van der Waals surface area contributed by atoms with Gasteiger partial charge in [0.05, 0.1) is 18.9 Å². The van der Waals surface area contributed by atoms with Crippen molar-refractivity contribution in [1.29, 1.82) is 0 Å². The highest BCUT2D eigenvalue weighted by molar-refractivity contribution is 6.29. The van der Waals surface area contributed by atoms with E-state index in [1.54, 1.807) is 0 Å². The predicted molar refractivity (Wildman–Crippen MR) is 66.3 cm³/mol. The highest BCUT2D eigenvalue weighted by atomic mass is 35.5. The number of nitrogens with zero attached hydrogens (tertiary/aromatic N) is 3. The molecule has 0 atom stereocenters.